The summed E-state index contributed by atoms with van der Waals surface area (Å²) in [7, 11) is -3.08. The van der Waals surface area contributed by atoms with Crippen LogP contribution in [0.5, 0.6) is 0 Å². The van der Waals surface area contributed by atoms with Crippen LogP contribution < -0.4 is 0 Å². The van der Waals surface area contributed by atoms with Gasteiger partial charge in [-0.05, 0) is 19.3 Å². The van der Waals surface area contributed by atoms with Crippen molar-refractivity contribution in [3.63, 3.8) is 0 Å². The SMILES string of the molecule is CCCn1c(CCl)nnc1C1CCCCS1(=O)=O. The summed E-state index contributed by atoms with van der Waals surface area (Å²) in [6.07, 6.45) is 3.23. The van der Waals surface area contributed by atoms with Crippen LogP contribution >= 0.6 is 11.6 Å². The Morgan fingerprint density at radius 3 is 2.78 bits per heavy atom. The topological polar surface area (TPSA) is 64.8 Å². The second-order valence-corrected chi connectivity index (χ2v) is 7.18. The molecular weight excluding hydrogens is 274 g/mol. The monoisotopic (exact) mass is 291 g/mol. The largest absolute Gasteiger partial charge is 0.313 e. The maximum absolute atomic E-state index is 12.1. The van der Waals surface area contributed by atoms with E-state index in [1.165, 1.54) is 0 Å². The molecule has 0 amide bonds. The molecule has 0 N–H and O–H groups in total. The van der Waals surface area contributed by atoms with Crippen LogP contribution in [-0.4, -0.2) is 28.9 Å². The molecule has 2 heterocycles. The zero-order valence-corrected chi connectivity index (χ0v) is 12.0. The van der Waals surface area contributed by atoms with Crippen LogP contribution in [0.15, 0.2) is 0 Å². The molecule has 0 aliphatic carbocycles. The van der Waals surface area contributed by atoms with E-state index in [9.17, 15) is 8.42 Å². The highest BCUT2D eigenvalue weighted by molar-refractivity contribution is 7.91. The van der Waals surface area contributed by atoms with Crippen LogP contribution in [0.25, 0.3) is 0 Å². The maximum Gasteiger partial charge on any atom is 0.160 e. The molecule has 7 heteroatoms. The number of hydrogen-bond donors (Lipinski definition) is 0. The lowest BCUT2D eigenvalue weighted by Crippen LogP contribution is -2.25. The highest BCUT2D eigenvalue weighted by atomic mass is 35.5. The Bertz CT molecular complexity index is 512. The molecule has 0 saturated carbocycles. The van der Waals surface area contributed by atoms with Crippen molar-refractivity contribution in [2.45, 2.75) is 50.3 Å². The Morgan fingerprint density at radius 2 is 2.17 bits per heavy atom. The highest BCUT2D eigenvalue weighted by Gasteiger charge is 2.34. The number of halogens is 1. The van der Waals surface area contributed by atoms with E-state index in [2.05, 4.69) is 10.2 Å². The molecule has 1 aliphatic rings. The van der Waals surface area contributed by atoms with E-state index in [1.807, 2.05) is 11.5 Å². The lowest BCUT2D eigenvalue weighted by molar-refractivity contribution is 0.521. The summed E-state index contributed by atoms with van der Waals surface area (Å²) in [4.78, 5) is 0. The molecule has 1 unspecified atom stereocenters. The third-order valence-electron chi connectivity index (χ3n) is 3.29. The smallest absolute Gasteiger partial charge is 0.160 e. The fourth-order valence-corrected chi connectivity index (χ4v) is 4.51. The quantitative estimate of drug-likeness (QED) is 0.797. The lowest BCUT2D eigenvalue weighted by Gasteiger charge is -2.22. The predicted molar refractivity (Wildman–Crippen MR) is 70.2 cm³/mol. The summed E-state index contributed by atoms with van der Waals surface area (Å²) in [5, 5.41) is 7.59. The van der Waals surface area contributed by atoms with Crippen LogP contribution in [0.3, 0.4) is 0 Å². The molecular formula is C11H18ClN3O2S. The number of aromatic nitrogens is 3. The van der Waals surface area contributed by atoms with Crippen molar-refractivity contribution in [1.29, 1.82) is 0 Å². The third kappa shape index (κ3) is 2.54. The molecule has 2 rings (SSSR count). The van der Waals surface area contributed by atoms with E-state index in [-0.39, 0.29) is 11.6 Å². The summed E-state index contributed by atoms with van der Waals surface area (Å²) < 4.78 is 26.1. The van der Waals surface area contributed by atoms with Gasteiger partial charge in [-0.1, -0.05) is 13.3 Å². The normalized spacial score (nSPS) is 23.1. The molecule has 0 bridgehead atoms. The van der Waals surface area contributed by atoms with Crippen LogP contribution in [0, 0.1) is 0 Å². The first-order chi connectivity index (χ1) is 8.60. The average molecular weight is 292 g/mol. The van der Waals surface area contributed by atoms with E-state index in [0.717, 1.165) is 25.8 Å². The van der Waals surface area contributed by atoms with Gasteiger partial charge in [-0.25, -0.2) is 8.42 Å². The molecule has 0 spiro atoms. The van der Waals surface area contributed by atoms with E-state index < -0.39 is 15.1 Å². The van der Waals surface area contributed by atoms with Gasteiger partial charge in [-0.2, -0.15) is 0 Å². The van der Waals surface area contributed by atoms with Crippen molar-refractivity contribution in [2.75, 3.05) is 5.75 Å². The van der Waals surface area contributed by atoms with Crippen molar-refractivity contribution in [3.8, 4) is 0 Å². The van der Waals surface area contributed by atoms with E-state index in [0.29, 0.717) is 18.1 Å². The first-order valence-electron chi connectivity index (χ1n) is 6.29. The van der Waals surface area contributed by atoms with E-state index in [1.54, 1.807) is 0 Å². The molecule has 1 fully saturated rings. The number of sulfone groups is 1. The minimum atomic E-state index is -3.08. The number of hydrogen-bond acceptors (Lipinski definition) is 4. The van der Waals surface area contributed by atoms with Crippen molar-refractivity contribution in [1.82, 2.24) is 14.8 Å². The molecule has 0 radical (unpaired) electrons. The molecule has 1 aliphatic heterocycles. The molecule has 1 saturated heterocycles. The molecule has 1 aromatic rings. The number of rotatable bonds is 4. The van der Waals surface area contributed by atoms with Crippen LogP contribution in [0.4, 0.5) is 0 Å². The lowest BCUT2D eigenvalue weighted by atomic mass is 10.2. The summed E-state index contributed by atoms with van der Waals surface area (Å²) >= 11 is 5.82. The Balaban J connectivity index is 2.40. The molecule has 1 atom stereocenters. The Morgan fingerprint density at radius 1 is 1.39 bits per heavy atom. The van der Waals surface area contributed by atoms with Gasteiger partial charge in [0.2, 0.25) is 0 Å². The zero-order valence-electron chi connectivity index (χ0n) is 10.5. The van der Waals surface area contributed by atoms with Gasteiger partial charge in [0.05, 0.1) is 11.6 Å². The maximum atomic E-state index is 12.1. The van der Waals surface area contributed by atoms with Crippen LogP contribution in [0.1, 0.15) is 49.5 Å². The fourth-order valence-electron chi connectivity index (χ4n) is 2.40. The third-order valence-corrected chi connectivity index (χ3v) is 5.70. The van der Waals surface area contributed by atoms with Crippen molar-refractivity contribution in [2.24, 2.45) is 0 Å². The fraction of sp³-hybridized carbons (Fsp3) is 0.818. The standard InChI is InChI=1S/C11H18ClN3O2S/c1-2-6-15-10(8-12)13-14-11(15)9-5-3-4-7-18(9,16)17/h9H,2-8H2,1H3. The Labute approximate surface area is 112 Å². The van der Waals surface area contributed by atoms with Gasteiger partial charge in [-0.15, -0.1) is 21.8 Å². The number of nitrogens with zero attached hydrogens (tertiary/aromatic N) is 3. The predicted octanol–water partition coefficient (Wildman–Crippen LogP) is 2.07. The van der Waals surface area contributed by atoms with Crippen molar-refractivity contribution in [3.05, 3.63) is 11.6 Å². The van der Waals surface area contributed by atoms with E-state index in [4.69, 9.17) is 11.6 Å². The highest BCUT2D eigenvalue weighted by Crippen LogP contribution is 2.32. The van der Waals surface area contributed by atoms with Crippen LogP contribution in [0.2, 0.25) is 0 Å². The summed E-state index contributed by atoms with van der Waals surface area (Å²) in [5.41, 5.74) is 0. The van der Waals surface area contributed by atoms with Gasteiger partial charge in [0.15, 0.2) is 15.7 Å². The molecule has 18 heavy (non-hydrogen) atoms. The zero-order chi connectivity index (χ0) is 13.2. The van der Waals surface area contributed by atoms with Gasteiger partial charge in [-0.3, -0.25) is 0 Å². The molecule has 0 aromatic carbocycles. The second kappa shape index (κ2) is 5.57. The average Bonchev–Trinajstić information content (AvgIpc) is 2.72. The van der Waals surface area contributed by atoms with Crippen molar-refractivity contribution < 1.29 is 8.42 Å². The Kier molecular flexibility index (Phi) is 4.27. The van der Waals surface area contributed by atoms with Gasteiger partial charge < -0.3 is 4.57 Å². The number of alkyl halides is 1. The van der Waals surface area contributed by atoms with Crippen LogP contribution in [-0.2, 0) is 22.3 Å². The Hall–Kier alpha value is -0.620. The first-order valence-corrected chi connectivity index (χ1v) is 8.54. The van der Waals surface area contributed by atoms with Gasteiger partial charge >= 0.3 is 0 Å². The van der Waals surface area contributed by atoms with Crippen molar-refractivity contribution >= 4 is 21.4 Å². The summed E-state index contributed by atoms with van der Waals surface area (Å²) in [6, 6.07) is 0. The van der Waals surface area contributed by atoms with E-state index >= 15 is 0 Å². The minimum absolute atomic E-state index is 0.257. The van der Waals surface area contributed by atoms with Gasteiger partial charge in [0.25, 0.3) is 0 Å². The first kappa shape index (κ1) is 13.8. The minimum Gasteiger partial charge on any atom is -0.313 e. The van der Waals surface area contributed by atoms with Gasteiger partial charge in [0.1, 0.15) is 11.1 Å². The molecule has 102 valence electrons. The molecule has 5 nitrogen and oxygen atoms in total. The second-order valence-electron chi connectivity index (χ2n) is 4.61. The van der Waals surface area contributed by atoms with Gasteiger partial charge in [0, 0.05) is 6.54 Å². The summed E-state index contributed by atoms with van der Waals surface area (Å²) in [5.74, 6) is 1.76. The summed E-state index contributed by atoms with van der Waals surface area (Å²) in [6.45, 7) is 2.76. The molecule has 1 aromatic heterocycles.